The molecule has 0 aliphatic heterocycles. The Kier molecular flexibility index (Phi) is 52.5. The summed E-state index contributed by atoms with van der Waals surface area (Å²) in [5, 5.41) is 0. The Morgan fingerprint density at radius 1 is 0.333 bits per heavy atom. The first-order valence-electron chi connectivity index (χ1n) is 27.1. The van der Waals surface area contributed by atoms with Crippen molar-refractivity contribution in [2.24, 2.45) is 0 Å². The first-order chi connectivity index (χ1) is 32.6. The highest BCUT2D eigenvalue weighted by Crippen LogP contribution is 2.14. The van der Waals surface area contributed by atoms with E-state index in [9.17, 15) is 9.59 Å². The molecule has 0 rings (SSSR count). The highest BCUT2D eigenvalue weighted by atomic mass is 16.6. The maximum atomic E-state index is 12.6. The van der Waals surface area contributed by atoms with E-state index in [1.165, 1.54) is 89.9 Å². The zero-order valence-corrected chi connectivity index (χ0v) is 42.9. The maximum absolute atomic E-state index is 12.6. The number of hydrogen-bond acceptors (Lipinski definition) is 5. The van der Waals surface area contributed by atoms with Crippen molar-refractivity contribution in [2.45, 2.75) is 232 Å². The third-order valence-corrected chi connectivity index (χ3v) is 11.0. The van der Waals surface area contributed by atoms with Crippen LogP contribution in [0.25, 0.3) is 0 Å². The normalized spacial score (nSPS) is 13.2. The number of rotatable bonds is 48. The van der Waals surface area contributed by atoms with Crippen molar-refractivity contribution in [3.05, 3.63) is 122 Å². The number of carbonyl (C=O) groups is 2. The van der Waals surface area contributed by atoms with Gasteiger partial charge in [0.2, 0.25) is 0 Å². The molecule has 0 aromatic carbocycles. The number of allylic oxidation sites excluding steroid dienone is 20. The van der Waals surface area contributed by atoms with Gasteiger partial charge < -0.3 is 14.2 Å². The SMILES string of the molecule is CC/C=C\C/C=C\C/C=C\C/C=C\C/C=C\C/C=C\CCC(=O)OC[C@H](COC(=O)CCCC/C=C\C/C=C\C/C=C\C/C=C\CC)OCCCCCCCCCCCCCCCCCC. The predicted octanol–water partition coefficient (Wildman–Crippen LogP) is 18.6. The van der Waals surface area contributed by atoms with Crippen molar-refractivity contribution in [2.75, 3.05) is 19.8 Å². The van der Waals surface area contributed by atoms with E-state index in [4.69, 9.17) is 14.2 Å². The van der Waals surface area contributed by atoms with Crippen molar-refractivity contribution >= 4 is 11.9 Å². The lowest BCUT2D eigenvalue weighted by Crippen LogP contribution is -2.29. The van der Waals surface area contributed by atoms with Crippen LogP contribution < -0.4 is 0 Å². The molecular weight excluding hydrogens is 813 g/mol. The van der Waals surface area contributed by atoms with Gasteiger partial charge in [-0.15, -0.1) is 0 Å². The van der Waals surface area contributed by atoms with Crippen molar-refractivity contribution in [3.8, 4) is 0 Å². The largest absolute Gasteiger partial charge is 0.463 e. The van der Waals surface area contributed by atoms with Crippen LogP contribution in [-0.2, 0) is 23.8 Å². The molecule has 0 aliphatic rings. The molecule has 1 atom stereocenters. The van der Waals surface area contributed by atoms with Crippen LogP contribution in [0.3, 0.4) is 0 Å². The molecule has 66 heavy (non-hydrogen) atoms. The van der Waals surface area contributed by atoms with Crippen LogP contribution in [0, 0.1) is 0 Å². The topological polar surface area (TPSA) is 61.8 Å². The number of hydrogen-bond donors (Lipinski definition) is 0. The van der Waals surface area contributed by atoms with Gasteiger partial charge in [0.15, 0.2) is 0 Å². The molecule has 0 saturated carbocycles. The molecule has 0 spiro atoms. The summed E-state index contributed by atoms with van der Waals surface area (Å²) in [5.74, 6) is -0.479. The quantitative estimate of drug-likeness (QED) is 0.0346. The molecule has 5 nitrogen and oxygen atoms in total. The second kappa shape index (κ2) is 55.6. The molecule has 0 bridgehead atoms. The molecule has 0 aliphatic carbocycles. The number of ether oxygens (including phenoxy) is 3. The second-order valence-corrected chi connectivity index (χ2v) is 17.4. The maximum Gasteiger partial charge on any atom is 0.306 e. The van der Waals surface area contributed by atoms with E-state index in [2.05, 4.69) is 136 Å². The number of unbranched alkanes of at least 4 members (excludes halogenated alkanes) is 17. The first-order valence-corrected chi connectivity index (χ1v) is 27.1. The van der Waals surface area contributed by atoms with Crippen molar-refractivity contribution in [1.29, 1.82) is 0 Å². The molecule has 5 heteroatoms. The fourth-order valence-corrected chi connectivity index (χ4v) is 7.03. The third kappa shape index (κ3) is 52.9. The van der Waals surface area contributed by atoms with Crippen LogP contribution in [0.15, 0.2) is 122 Å². The molecule has 0 heterocycles. The molecule has 0 aromatic rings. The average molecular weight is 913 g/mol. The second-order valence-electron chi connectivity index (χ2n) is 17.4. The van der Waals surface area contributed by atoms with Gasteiger partial charge in [-0.25, -0.2) is 0 Å². The molecule has 0 unspecified atom stereocenters. The Morgan fingerprint density at radius 3 is 1.03 bits per heavy atom. The Labute approximate surface area is 407 Å². The summed E-state index contributed by atoms with van der Waals surface area (Å²) >= 11 is 0. The minimum Gasteiger partial charge on any atom is -0.463 e. The fraction of sp³-hybridized carbons (Fsp3) is 0.639. The summed E-state index contributed by atoms with van der Waals surface area (Å²) in [6.45, 7) is 7.37. The van der Waals surface area contributed by atoms with Crippen LogP contribution in [0.1, 0.15) is 226 Å². The van der Waals surface area contributed by atoms with Crippen LogP contribution in [-0.4, -0.2) is 37.9 Å². The van der Waals surface area contributed by atoms with E-state index >= 15 is 0 Å². The van der Waals surface area contributed by atoms with E-state index in [0.717, 1.165) is 96.3 Å². The number of esters is 2. The molecule has 0 amide bonds. The van der Waals surface area contributed by atoms with Crippen LogP contribution in [0.5, 0.6) is 0 Å². The van der Waals surface area contributed by atoms with Gasteiger partial charge in [-0.05, 0) is 96.3 Å². The third-order valence-electron chi connectivity index (χ3n) is 11.0. The molecule has 0 saturated heterocycles. The average Bonchev–Trinajstić information content (AvgIpc) is 3.32. The summed E-state index contributed by atoms with van der Waals surface area (Å²) in [6, 6.07) is 0. The van der Waals surface area contributed by atoms with Crippen LogP contribution >= 0.6 is 0 Å². The lowest BCUT2D eigenvalue weighted by atomic mass is 10.0. The first kappa shape index (κ1) is 62.3. The standard InChI is InChI=1S/C61H100O5/c1-4-7-10-13-16-19-22-25-28-30-31-32-34-37-40-43-46-49-52-55-61(63)66-58-59(64-56-53-50-47-44-41-38-35-29-26-23-20-17-14-11-8-5-2)57-65-60(62)54-51-48-45-42-39-36-33-27-24-21-18-15-12-9-6-3/h7,9-10,12,16,18-19,21,25,27-28,31-33,37,39-40,42,46,49,59H,4-6,8,11,13-15,17,20,22-24,26,29-30,34-36,38,41,43-45,47-48,50-58H2,1-3H3/b10-7-,12-9-,19-16-,21-18-,28-25-,32-31-,33-27-,40-37-,42-39-,49-46-/t59-/m0/s1. The van der Waals surface area contributed by atoms with E-state index < -0.39 is 6.10 Å². The summed E-state index contributed by atoms with van der Waals surface area (Å²) < 4.78 is 17.4. The minimum absolute atomic E-state index is 0.0978. The zero-order valence-electron chi connectivity index (χ0n) is 42.9. The van der Waals surface area contributed by atoms with Gasteiger partial charge >= 0.3 is 11.9 Å². The van der Waals surface area contributed by atoms with E-state index in [1.54, 1.807) is 0 Å². The van der Waals surface area contributed by atoms with E-state index in [-0.39, 0.29) is 25.2 Å². The smallest absolute Gasteiger partial charge is 0.306 e. The van der Waals surface area contributed by atoms with Gasteiger partial charge in [0.25, 0.3) is 0 Å². The van der Waals surface area contributed by atoms with Gasteiger partial charge in [0, 0.05) is 19.4 Å². The summed E-state index contributed by atoms with van der Waals surface area (Å²) in [7, 11) is 0. The van der Waals surface area contributed by atoms with E-state index in [1.807, 2.05) is 6.08 Å². The predicted molar refractivity (Wildman–Crippen MR) is 288 cm³/mol. The lowest BCUT2D eigenvalue weighted by molar-refractivity contribution is -0.155. The van der Waals surface area contributed by atoms with Crippen molar-refractivity contribution in [1.82, 2.24) is 0 Å². The van der Waals surface area contributed by atoms with Crippen LogP contribution in [0.4, 0.5) is 0 Å². The Hall–Kier alpha value is -3.70. The molecule has 0 radical (unpaired) electrons. The van der Waals surface area contributed by atoms with Gasteiger partial charge in [-0.3, -0.25) is 9.59 Å². The number of carbonyl (C=O) groups excluding carboxylic acids is 2. The Bertz CT molecular complexity index is 1350. The van der Waals surface area contributed by atoms with Gasteiger partial charge in [-0.1, -0.05) is 239 Å². The summed E-state index contributed by atoms with van der Waals surface area (Å²) in [4.78, 5) is 25.2. The fourth-order valence-electron chi connectivity index (χ4n) is 7.03. The molecule has 0 N–H and O–H groups in total. The van der Waals surface area contributed by atoms with Gasteiger partial charge in [0.05, 0.1) is 0 Å². The van der Waals surface area contributed by atoms with Gasteiger partial charge in [0.1, 0.15) is 19.3 Å². The van der Waals surface area contributed by atoms with Crippen molar-refractivity contribution in [3.63, 3.8) is 0 Å². The monoisotopic (exact) mass is 913 g/mol. The van der Waals surface area contributed by atoms with Crippen LogP contribution in [0.2, 0.25) is 0 Å². The highest BCUT2D eigenvalue weighted by molar-refractivity contribution is 5.70. The Balaban J connectivity index is 4.45. The zero-order chi connectivity index (χ0) is 47.7. The van der Waals surface area contributed by atoms with Crippen molar-refractivity contribution < 1.29 is 23.8 Å². The lowest BCUT2D eigenvalue weighted by Gasteiger charge is -2.18. The molecular formula is C61H100O5. The molecule has 0 aromatic heterocycles. The van der Waals surface area contributed by atoms with Gasteiger partial charge in [-0.2, -0.15) is 0 Å². The van der Waals surface area contributed by atoms with E-state index in [0.29, 0.717) is 25.9 Å². The Morgan fingerprint density at radius 2 is 0.652 bits per heavy atom. The minimum atomic E-state index is -0.454. The highest BCUT2D eigenvalue weighted by Gasteiger charge is 2.15. The molecule has 374 valence electrons. The summed E-state index contributed by atoms with van der Waals surface area (Å²) in [6.07, 6.45) is 78.2. The molecule has 0 fully saturated rings. The summed E-state index contributed by atoms with van der Waals surface area (Å²) in [5.41, 5.74) is 0.